The van der Waals surface area contributed by atoms with Gasteiger partial charge >= 0.3 is 0 Å². The van der Waals surface area contributed by atoms with E-state index in [2.05, 4.69) is 10.3 Å². The van der Waals surface area contributed by atoms with Crippen LogP contribution in [0, 0.1) is 11.6 Å². The summed E-state index contributed by atoms with van der Waals surface area (Å²) in [5, 5.41) is 11.2. The molecule has 15 heavy (non-hydrogen) atoms. The molecule has 4 nitrogen and oxygen atoms in total. The highest BCUT2D eigenvalue weighted by Gasteiger charge is 2.13. The second kappa shape index (κ2) is 4.88. The summed E-state index contributed by atoms with van der Waals surface area (Å²) >= 11 is 0. The fraction of sp³-hybridized carbons (Fsp3) is 0.444. The van der Waals surface area contributed by atoms with Crippen molar-refractivity contribution in [2.24, 2.45) is 0 Å². The summed E-state index contributed by atoms with van der Waals surface area (Å²) in [5.74, 6) is -1.50. The van der Waals surface area contributed by atoms with Gasteiger partial charge in [-0.1, -0.05) is 0 Å². The van der Waals surface area contributed by atoms with Gasteiger partial charge in [0.2, 0.25) is 0 Å². The molecule has 84 valence electrons. The smallest absolute Gasteiger partial charge is 0.168 e. The molecule has 0 fully saturated rings. The lowest BCUT2D eigenvalue weighted by Gasteiger charge is -2.18. The van der Waals surface area contributed by atoms with Crippen LogP contribution in [-0.2, 0) is 0 Å². The molecule has 0 saturated carbocycles. The third-order valence-corrected chi connectivity index (χ3v) is 1.94. The minimum atomic E-state index is -0.748. The van der Waals surface area contributed by atoms with Gasteiger partial charge in [-0.05, 0) is 0 Å². The number of aromatic nitrogens is 1. The number of anilines is 2. The molecule has 1 aromatic rings. The van der Waals surface area contributed by atoms with Gasteiger partial charge in [0.15, 0.2) is 23.3 Å². The molecular formula is C9H13F2N3O. The number of rotatable bonds is 4. The number of nitrogens with zero attached hydrogens (tertiary/aromatic N) is 2. The molecule has 1 rings (SSSR count). The van der Waals surface area contributed by atoms with Crippen LogP contribution in [0.2, 0.25) is 0 Å². The fourth-order valence-corrected chi connectivity index (χ4v) is 1.16. The Morgan fingerprint density at radius 2 is 2.13 bits per heavy atom. The highest BCUT2D eigenvalue weighted by Crippen LogP contribution is 2.20. The van der Waals surface area contributed by atoms with Gasteiger partial charge in [0.25, 0.3) is 0 Å². The van der Waals surface area contributed by atoms with E-state index in [4.69, 9.17) is 5.11 Å². The molecule has 0 spiro atoms. The van der Waals surface area contributed by atoms with Crippen LogP contribution in [0.4, 0.5) is 20.4 Å². The number of pyridine rings is 1. The molecule has 0 atom stereocenters. The molecule has 0 aliphatic carbocycles. The van der Waals surface area contributed by atoms with E-state index in [1.54, 1.807) is 7.05 Å². The van der Waals surface area contributed by atoms with E-state index in [-0.39, 0.29) is 24.8 Å². The molecule has 0 unspecified atom stereocenters. The number of halogens is 2. The first-order valence-electron chi connectivity index (χ1n) is 4.46. The molecule has 0 radical (unpaired) electrons. The Labute approximate surface area is 86.5 Å². The van der Waals surface area contributed by atoms with Crippen molar-refractivity contribution >= 4 is 11.6 Å². The Hall–Kier alpha value is -1.43. The summed E-state index contributed by atoms with van der Waals surface area (Å²) in [4.78, 5) is 5.17. The summed E-state index contributed by atoms with van der Waals surface area (Å²) in [5.41, 5.74) is 0. The van der Waals surface area contributed by atoms with Crippen LogP contribution in [0.3, 0.4) is 0 Å². The molecule has 0 aliphatic rings. The largest absolute Gasteiger partial charge is 0.395 e. The van der Waals surface area contributed by atoms with E-state index in [0.29, 0.717) is 0 Å². The second-order valence-electron chi connectivity index (χ2n) is 3.02. The van der Waals surface area contributed by atoms with E-state index in [9.17, 15) is 8.78 Å². The van der Waals surface area contributed by atoms with Crippen LogP contribution >= 0.6 is 0 Å². The highest BCUT2D eigenvalue weighted by atomic mass is 19.1. The zero-order valence-corrected chi connectivity index (χ0v) is 8.59. The first-order valence-corrected chi connectivity index (χ1v) is 4.46. The molecule has 0 aliphatic heterocycles. The SMILES string of the molecule is CNc1nc(N(C)CCO)c(F)cc1F. The molecule has 2 N–H and O–H groups in total. The van der Waals surface area contributed by atoms with Crippen LogP contribution in [0.25, 0.3) is 0 Å². The quantitative estimate of drug-likeness (QED) is 0.784. The molecule has 1 aromatic heterocycles. The van der Waals surface area contributed by atoms with E-state index < -0.39 is 11.6 Å². The Morgan fingerprint density at radius 1 is 1.47 bits per heavy atom. The van der Waals surface area contributed by atoms with Gasteiger partial charge in [0.05, 0.1) is 6.61 Å². The summed E-state index contributed by atoms with van der Waals surface area (Å²) in [6, 6.07) is 0.766. The van der Waals surface area contributed by atoms with Gasteiger partial charge in [-0.25, -0.2) is 13.8 Å². The van der Waals surface area contributed by atoms with Gasteiger partial charge in [0.1, 0.15) is 0 Å². The van der Waals surface area contributed by atoms with Crippen LogP contribution < -0.4 is 10.2 Å². The predicted molar refractivity (Wildman–Crippen MR) is 54.1 cm³/mol. The summed E-state index contributed by atoms with van der Waals surface area (Å²) in [6.07, 6.45) is 0. The highest BCUT2D eigenvalue weighted by molar-refractivity contribution is 5.48. The maximum absolute atomic E-state index is 13.3. The Bertz CT molecular complexity index is 346. The van der Waals surface area contributed by atoms with Crippen molar-refractivity contribution in [1.29, 1.82) is 0 Å². The van der Waals surface area contributed by atoms with Gasteiger partial charge in [0, 0.05) is 26.7 Å². The lowest BCUT2D eigenvalue weighted by Crippen LogP contribution is -2.24. The Kier molecular flexibility index (Phi) is 3.79. The average molecular weight is 217 g/mol. The van der Waals surface area contributed by atoms with E-state index in [1.165, 1.54) is 11.9 Å². The zero-order valence-electron chi connectivity index (χ0n) is 8.59. The van der Waals surface area contributed by atoms with Crippen LogP contribution in [-0.4, -0.2) is 37.3 Å². The van der Waals surface area contributed by atoms with Gasteiger partial charge in [-0.3, -0.25) is 0 Å². The molecule has 0 saturated heterocycles. The van der Waals surface area contributed by atoms with E-state index in [1.807, 2.05) is 0 Å². The van der Waals surface area contributed by atoms with Crippen molar-refractivity contribution in [2.75, 3.05) is 37.5 Å². The summed E-state index contributed by atoms with van der Waals surface area (Å²) in [7, 11) is 3.07. The van der Waals surface area contributed by atoms with E-state index >= 15 is 0 Å². The van der Waals surface area contributed by atoms with Crippen molar-refractivity contribution in [3.63, 3.8) is 0 Å². The third kappa shape index (κ3) is 2.53. The Balaban J connectivity index is 3.06. The lowest BCUT2D eigenvalue weighted by atomic mass is 10.3. The number of likely N-dealkylation sites (N-methyl/N-ethyl adjacent to an activating group) is 1. The van der Waals surface area contributed by atoms with Crippen LogP contribution in [0.1, 0.15) is 0 Å². The molecule has 0 bridgehead atoms. The van der Waals surface area contributed by atoms with Crippen LogP contribution in [0.15, 0.2) is 6.07 Å². The number of hydrogen-bond donors (Lipinski definition) is 2. The summed E-state index contributed by atoms with van der Waals surface area (Å²) in [6.45, 7) is 0.114. The lowest BCUT2D eigenvalue weighted by molar-refractivity contribution is 0.303. The van der Waals surface area contributed by atoms with Crippen molar-refractivity contribution in [1.82, 2.24) is 4.98 Å². The minimum Gasteiger partial charge on any atom is -0.395 e. The average Bonchev–Trinajstić information content (AvgIpc) is 2.18. The normalized spacial score (nSPS) is 10.2. The molecule has 0 amide bonds. The number of nitrogens with one attached hydrogen (secondary N) is 1. The molecule has 0 aromatic carbocycles. The molecular weight excluding hydrogens is 204 g/mol. The van der Waals surface area contributed by atoms with Crippen molar-refractivity contribution in [3.05, 3.63) is 17.7 Å². The Morgan fingerprint density at radius 3 is 2.67 bits per heavy atom. The first-order chi connectivity index (χ1) is 7.10. The van der Waals surface area contributed by atoms with Crippen molar-refractivity contribution < 1.29 is 13.9 Å². The number of aliphatic hydroxyl groups excluding tert-OH is 1. The second-order valence-corrected chi connectivity index (χ2v) is 3.02. The van der Waals surface area contributed by atoms with Gasteiger partial charge in [-0.2, -0.15) is 0 Å². The minimum absolute atomic E-state index is 0.00907. The third-order valence-electron chi connectivity index (χ3n) is 1.94. The van der Waals surface area contributed by atoms with E-state index in [0.717, 1.165) is 6.07 Å². The van der Waals surface area contributed by atoms with Crippen LogP contribution in [0.5, 0.6) is 0 Å². The van der Waals surface area contributed by atoms with Gasteiger partial charge in [-0.15, -0.1) is 0 Å². The standard InChI is InChI=1S/C9H13F2N3O/c1-12-8-6(10)5-7(11)9(13-8)14(2)3-4-15/h5,15H,3-4H2,1-2H3,(H,12,13). The van der Waals surface area contributed by atoms with Crippen molar-refractivity contribution in [2.45, 2.75) is 0 Å². The number of hydrogen-bond acceptors (Lipinski definition) is 4. The maximum Gasteiger partial charge on any atom is 0.168 e. The monoisotopic (exact) mass is 217 g/mol. The maximum atomic E-state index is 13.3. The zero-order chi connectivity index (χ0) is 11.4. The molecule has 6 heteroatoms. The van der Waals surface area contributed by atoms with Crippen molar-refractivity contribution in [3.8, 4) is 0 Å². The fourth-order valence-electron chi connectivity index (χ4n) is 1.16. The first kappa shape index (κ1) is 11.6. The topological polar surface area (TPSA) is 48.4 Å². The van der Waals surface area contributed by atoms with Gasteiger partial charge < -0.3 is 15.3 Å². The predicted octanol–water partition coefficient (Wildman–Crippen LogP) is 0.830. The number of aliphatic hydroxyl groups is 1. The molecule has 1 heterocycles. The summed E-state index contributed by atoms with van der Waals surface area (Å²) < 4.78 is 26.3.